The van der Waals surface area contributed by atoms with Crippen LogP contribution in [-0.2, 0) is 11.3 Å². The molecular formula is C15H22F3NO2. The first-order valence-electron chi connectivity index (χ1n) is 6.98. The van der Waals surface area contributed by atoms with Crippen molar-refractivity contribution >= 4 is 0 Å². The summed E-state index contributed by atoms with van der Waals surface area (Å²) in [6.07, 6.45) is -4.65. The van der Waals surface area contributed by atoms with Gasteiger partial charge in [0.15, 0.2) is 0 Å². The Labute approximate surface area is 123 Å². The Hall–Kier alpha value is -1.27. The molecule has 0 aliphatic rings. The molecule has 0 aromatic heterocycles. The highest BCUT2D eigenvalue weighted by Gasteiger charge is 2.30. The van der Waals surface area contributed by atoms with Crippen molar-refractivity contribution in [2.75, 3.05) is 19.8 Å². The van der Waals surface area contributed by atoms with Crippen LogP contribution in [0, 0.1) is 0 Å². The van der Waals surface area contributed by atoms with Gasteiger partial charge < -0.3 is 9.47 Å². The van der Waals surface area contributed by atoms with Gasteiger partial charge in [0.2, 0.25) is 0 Å². The van der Waals surface area contributed by atoms with Crippen molar-refractivity contribution in [3.8, 4) is 5.75 Å². The molecule has 0 spiro atoms. The maximum Gasteiger partial charge on any atom is 0.573 e. The number of halogens is 3. The quantitative estimate of drug-likeness (QED) is 0.681. The Kier molecular flexibility index (Phi) is 6.98. The third kappa shape index (κ3) is 7.34. The van der Waals surface area contributed by atoms with Gasteiger partial charge in [-0.05, 0) is 38.5 Å². The number of rotatable bonds is 8. The molecule has 0 atom stereocenters. The Morgan fingerprint density at radius 3 is 2.24 bits per heavy atom. The van der Waals surface area contributed by atoms with Crippen LogP contribution < -0.4 is 4.74 Å². The van der Waals surface area contributed by atoms with Crippen molar-refractivity contribution in [2.24, 2.45) is 0 Å². The van der Waals surface area contributed by atoms with Crippen molar-refractivity contribution in [1.29, 1.82) is 0 Å². The van der Waals surface area contributed by atoms with Gasteiger partial charge in [0, 0.05) is 25.7 Å². The molecule has 0 aliphatic carbocycles. The highest BCUT2D eigenvalue weighted by Crippen LogP contribution is 2.23. The molecule has 0 saturated carbocycles. The Bertz CT molecular complexity index is 404. The molecular weight excluding hydrogens is 283 g/mol. The van der Waals surface area contributed by atoms with E-state index in [4.69, 9.17) is 4.74 Å². The van der Waals surface area contributed by atoms with E-state index < -0.39 is 6.36 Å². The van der Waals surface area contributed by atoms with E-state index in [-0.39, 0.29) is 5.75 Å². The predicted octanol–water partition coefficient (Wildman–Crippen LogP) is 3.83. The van der Waals surface area contributed by atoms with Gasteiger partial charge in [-0.3, -0.25) is 4.90 Å². The molecule has 1 aromatic carbocycles. The molecule has 1 aromatic rings. The number of hydrogen-bond acceptors (Lipinski definition) is 3. The third-order valence-electron chi connectivity index (χ3n) is 3.00. The third-order valence-corrected chi connectivity index (χ3v) is 3.00. The second-order valence-corrected chi connectivity index (χ2v) is 4.95. The van der Waals surface area contributed by atoms with Crippen molar-refractivity contribution in [2.45, 2.75) is 39.7 Å². The summed E-state index contributed by atoms with van der Waals surface area (Å²) >= 11 is 0. The smallest absolute Gasteiger partial charge is 0.406 e. The average Bonchev–Trinajstić information content (AvgIpc) is 2.38. The highest BCUT2D eigenvalue weighted by molar-refractivity contribution is 5.27. The molecule has 0 N–H and O–H groups in total. The largest absolute Gasteiger partial charge is 0.573 e. The summed E-state index contributed by atoms with van der Waals surface area (Å²) in [5.41, 5.74) is 0.940. The summed E-state index contributed by atoms with van der Waals surface area (Å²) in [5, 5.41) is 0. The van der Waals surface area contributed by atoms with Crippen LogP contribution in [0.15, 0.2) is 24.3 Å². The van der Waals surface area contributed by atoms with Crippen LogP contribution in [0.2, 0.25) is 0 Å². The minimum atomic E-state index is -4.65. The zero-order chi connectivity index (χ0) is 15.9. The van der Waals surface area contributed by atoms with Gasteiger partial charge in [0.1, 0.15) is 5.75 Å². The average molecular weight is 305 g/mol. The van der Waals surface area contributed by atoms with Crippen molar-refractivity contribution in [1.82, 2.24) is 4.90 Å². The fraction of sp³-hybridized carbons (Fsp3) is 0.600. The molecule has 0 bridgehead atoms. The second-order valence-electron chi connectivity index (χ2n) is 4.95. The number of nitrogens with zero attached hydrogens (tertiary/aromatic N) is 1. The fourth-order valence-corrected chi connectivity index (χ4v) is 1.88. The van der Waals surface area contributed by atoms with Gasteiger partial charge in [-0.1, -0.05) is 12.1 Å². The monoisotopic (exact) mass is 305 g/mol. The highest BCUT2D eigenvalue weighted by atomic mass is 19.4. The van der Waals surface area contributed by atoms with Crippen LogP contribution in [0.5, 0.6) is 5.75 Å². The predicted molar refractivity (Wildman–Crippen MR) is 75.2 cm³/mol. The van der Waals surface area contributed by atoms with Gasteiger partial charge in [-0.25, -0.2) is 0 Å². The van der Waals surface area contributed by atoms with Crippen LogP contribution in [0.1, 0.15) is 26.3 Å². The number of benzene rings is 1. The lowest BCUT2D eigenvalue weighted by Crippen LogP contribution is -2.33. The van der Waals surface area contributed by atoms with Crippen molar-refractivity contribution < 1.29 is 22.6 Å². The molecule has 1 rings (SSSR count). The molecule has 0 saturated heterocycles. The number of ether oxygens (including phenoxy) is 2. The summed E-state index contributed by atoms with van der Waals surface area (Å²) in [5.74, 6) is -0.198. The minimum Gasteiger partial charge on any atom is -0.406 e. The maximum atomic E-state index is 12.1. The lowest BCUT2D eigenvalue weighted by molar-refractivity contribution is -0.274. The Morgan fingerprint density at radius 2 is 1.76 bits per heavy atom. The van der Waals surface area contributed by atoms with E-state index in [1.54, 1.807) is 12.1 Å². The van der Waals surface area contributed by atoms with Crippen molar-refractivity contribution in [3.63, 3.8) is 0 Å². The topological polar surface area (TPSA) is 21.7 Å². The molecule has 21 heavy (non-hydrogen) atoms. The summed E-state index contributed by atoms with van der Waals surface area (Å²) in [6, 6.07) is 6.30. The molecule has 6 heteroatoms. The maximum absolute atomic E-state index is 12.1. The van der Waals surface area contributed by atoms with Gasteiger partial charge in [0.05, 0.1) is 6.61 Å². The van der Waals surface area contributed by atoms with Crippen LogP contribution in [-0.4, -0.2) is 37.1 Å². The molecule has 0 aliphatic heterocycles. The fourth-order valence-electron chi connectivity index (χ4n) is 1.88. The Balaban J connectivity index is 2.59. The van der Waals surface area contributed by atoms with Crippen molar-refractivity contribution in [3.05, 3.63) is 29.8 Å². The molecule has 0 heterocycles. The van der Waals surface area contributed by atoms with Crippen LogP contribution >= 0.6 is 0 Å². The van der Waals surface area contributed by atoms with E-state index in [0.717, 1.165) is 12.1 Å². The summed E-state index contributed by atoms with van der Waals surface area (Å²) < 4.78 is 45.5. The first-order valence-corrected chi connectivity index (χ1v) is 6.98. The van der Waals surface area contributed by atoms with Gasteiger partial charge >= 0.3 is 6.36 Å². The SMILES string of the molecule is CCOCCN(Cc1ccc(OC(F)(F)F)cc1)C(C)C. The van der Waals surface area contributed by atoms with Gasteiger partial charge in [-0.2, -0.15) is 0 Å². The van der Waals surface area contributed by atoms with E-state index in [1.807, 2.05) is 6.92 Å². The van der Waals surface area contributed by atoms with E-state index in [0.29, 0.717) is 25.8 Å². The summed E-state index contributed by atoms with van der Waals surface area (Å²) in [7, 11) is 0. The van der Waals surface area contributed by atoms with Crippen LogP contribution in [0.3, 0.4) is 0 Å². The zero-order valence-electron chi connectivity index (χ0n) is 12.6. The normalized spacial score (nSPS) is 12.2. The second kappa shape index (κ2) is 8.24. The molecule has 0 radical (unpaired) electrons. The zero-order valence-corrected chi connectivity index (χ0v) is 12.6. The first kappa shape index (κ1) is 17.8. The van der Waals surface area contributed by atoms with E-state index in [1.165, 1.54) is 12.1 Å². The lowest BCUT2D eigenvalue weighted by atomic mass is 10.2. The molecule has 0 amide bonds. The van der Waals surface area contributed by atoms with E-state index >= 15 is 0 Å². The molecule has 3 nitrogen and oxygen atoms in total. The minimum absolute atomic E-state index is 0.198. The number of hydrogen-bond donors (Lipinski definition) is 0. The molecule has 120 valence electrons. The summed E-state index contributed by atoms with van der Waals surface area (Å²) in [6.45, 7) is 8.86. The lowest BCUT2D eigenvalue weighted by Gasteiger charge is -2.26. The van der Waals surface area contributed by atoms with Gasteiger partial charge in [-0.15, -0.1) is 13.2 Å². The van der Waals surface area contributed by atoms with Crippen LogP contribution in [0.25, 0.3) is 0 Å². The molecule has 0 fully saturated rings. The summed E-state index contributed by atoms with van der Waals surface area (Å²) in [4.78, 5) is 2.20. The standard InChI is InChI=1S/C15H22F3NO2/c1-4-20-10-9-19(12(2)3)11-13-5-7-14(8-6-13)21-15(16,17)18/h5-8,12H,4,9-11H2,1-3H3. The Morgan fingerprint density at radius 1 is 1.14 bits per heavy atom. The first-order chi connectivity index (χ1) is 9.81. The van der Waals surface area contributed by atoms with E-state index in [2.05, 4.69) is 23.5 Å². The number of alkyl halides is 3. The van der Waals surface area contributed by atoms with Gasteiger partial charge in [0.25, 0.3) is 0 Å². The van der Waals surface area contributed by atoms with Crippen LogP contribution in [0.4, 0.5) is 13.2 Å². The molecule has 0 unspecified atom stereocenters. The van der Waals surface area contributed by atoms with E-state index in [9.17, 15) is 13.2 Å².